The van der Waals surface area contributed by atoms with Crippen molar-refractivity contribution in [2.75, 3.05) is 0 Å². The molecule has 0 aromatic heterocycles. The van der Waals surface area contributed by atoms with Crippen LogP contribution in [0.5, 0.6) is 0 Å². The highest BCUT2D eigenvalue weighted by Gasteiger charge is 2.11. The highest BCUT2D eigenvalue weighted by atomic mass is 35.5. The minimum atomic E-state index is -0.0714. The van der Waals surface area contributed by atoms with Crippen molar-refractivity contribution in [3.63, 3.8) is 0 Å². The molecule has 0 radical (unpaired) electrons. The summed E-state index contributed by atoms with van der Waals surface area (Å²) in [6.45, 7) is 0. The first-order valence-electron chi connectivity index (χ1n) is 4.89. The van der Waals surface area contributed by atoms with Crippen LogP contribution in [0.1, 0.15) is 10.4 Å². The van der Waals surface area contributed by atoms with Crippen molar-refractivity contribution in [2.45, 2.75) is 4.90 Å². The molecule has 0 unspecified atom stereocenters. The van der Waals surface area contributed by atoms with Gasteiger partial charge in [-0.1, -0.05) is 35.3 Å². The number of carbonyl (C=O) groups excluding carboxylic acids is 1. The third kappa shape index (κ3) is 3.25. The molecule has 1 nitrogen and oxygen atoms in total. The Bertz CT molecular complexity index is 537. The summed E-state index contributed by atoms with van der Waals surface area (Å²) in [7, 11) is 0. The number of hydrogen-bond donors (Lipinski definition) is 0. The Hall–Kier alpha value is -0.960. The molecule has 0 aliphatic rings. The fourth-order valence-electron chi connectivity index (χ4n) is 1.29. The van der Waals surface area contributed by atoms with Gasteiger partial charge in [-0.15, -0.1) is 0 Å². The van der Waals surface area contributed by atoms with Gasteiger partial charge in [0.2, 0.25) is 5.12 Å². The van der Waals surface area contributed by atoms with Crippen molar-refractivity contribution in [1.29, 1.82) is 0 Å². The van der Waals surface area contributed by atoms with E-state index in [9.17, 15) is 4.79 Å². The number of thioether (sulfide) groups is 1. The smallest absolute Gasteiger partial charge is 0.225 e. The van der Waals surface area contributed by atoms with E-state index in [1.807, 2.05) is 12.1 Å². The summed E-state index contributed by atoms with van der Waals surface area (Å²) in [4.78, 5) is 12.8. The van der Waals surface area contributed by atoms with E-state index >= 15 is 0 Å². The second-order valence-electron chi connectivity index (χ2n) is 3.32. The summed E-state index contributed by atoms with van der Waals surface area (Å²) in [5.74, 6) is 0. The lowest BCUT2D eigenvalue weighted by molar-refractivity contribution is 0.108. The lowest BCUT2D eigenvalue weighted by atomic mass is 10.2. The molecule has 0 aliphatic heterocycles. The summed E-state index contributed by atoms with van der Waals surface area (Å²) >= 11 is 12.9. The van der Waals surface area contributed by atoms with Gasteiger partial charge in [0.25, 0.3) is 0 Å². The number of carbonyl (C=O) groups is 1. The van der Waals surface area contributed by atoms with Gasteiger partial charge in [-0.05, 0) is 48.2 Å². The Morgan fingerprint density at radius 3 is 2.24 bits per heavy atom. The highest BCUT2D eigenvalue weighted by Crippen LogP contribution is 2.27. The van der Waals surface area contributed by atoms with Gasteiger partial charge in [0.1, 0.15) is 0 Å². The SMILES string of the molecule is O=C(Sc1ccc(Cl)cc1)c1ccccc1Cl. The number of benzene rings is 2. The molecule has 2 aromatic carbocycles. The van der Waals surface area contributed by atoms with Gasteiger partial charge in [-0.2, -0.15) is 0 Å². The van der Waals surface area contributed by atoms with E-state index in [0.717, 1.165) is 16.7 Å². The molecule has 0 atom stereocenters. The molecule has 2 rings (SSSR count). The topological polar surface area (TPSA) is 17.1 Å². The van der Waals surface area contributed by atoms with Crippen molar-refractivity contribution >= 4 is 40.1 Å². The molecule has 0 amide bonds. The lowest BCUT2D eigenvalue weighted by Crippen LogP contribution is -1.93. The van der Waals surface area contributed by atoms with E-state index in [2.05, 4.69) is 0 Å². The fourth-order valence-corrected chi connectivity index (χ4v) is 2.47. The average molecular weight is 283 g/mol. The first-order valence-corrected chi connectivity index (χ1v) is 6.46. The lowest BCUT2D eigenvalue weighted by Gasteiger charge is -2.02. The molecular formula is C13H8Cl2OS. The van der Waals surface area contributed by atoms with Gasteiger partial charge in [0.15, 0.2) is 0 Å². The maximum Gasteiger partial charge on any atom is 0.225 e. The Morgan fingerprint density at radius 2 is 1.59 bits per heavy atom. The Balaban J connectivity index is 2.17. The van der Waals surface area contributed by atoms with Gasteiger partial charge in [0.05, 0.1) is 5.02 Å². The molecule has 2 aromatic rings. The van der Waals surface area contributed by atoms with Crippen molar-refractivity contribution in [3.8, 4) is 0 Å². The minimum absolute atomic E-state index is 0.0714. The molecule has 0 fully saturated rings. The van der Waals surface area contributed by atoms with E-state index < -0.39 is 0 Å². The maximum absolute atomic E-state index is 12.0. The molecule has 17 heavy (non-hydrogen) atoms. The molecule has 0 saturated carbocycles. The largest absolute Gasteiger partial charge is 0.281 e. The summed E-state index contributed by atoms with van der Waals surface area (Å²) in [6, 6.07) is 14.1. The van der Waals surface area contributed by atoms with E-state index in [1.54, 1.807) is 36.4 Å². The van der Waals surface area contributed by atoms with Crippen LogP contribution in [0.4, 0.5) is 0 Å². The quantitative estimate of drug-likeness (QED) is 0.727. The zero-order chi connectivity index (χ0) is 12.3. The molecule has 86 valence electrons. The predicted octanol–water partition coefficient (Wildman–Crippen LogP) is 4.93. The normalized spacial score (nSPS) is 10.2. The standard InChI is InChI=1S/C13H8Cl2OS/c14-9-5-7-10(8-6-9)17-13(16)11-3-1-2-4-12(11)15/h1-8H. The molecule has 4 heteroatoms. The van der Waals surface area contributed by atoms with Crippen LogP contribution in [0.15, 0.2) is 53.4 Å². The van der Waals surface area contributed by atoms with Crippen molar-refractivity contribution in [3.05, 3.63) is 64.1 Å². The van der Waals surface area contributed by atoms with Gasteiger partial charge in [-0.3, -0.25) is 4.79 Å². The molecule has 0 saturated heterocycles. The van der Waals surface area contributed by atoms with Gasteiger partial charge in [0, 0.05) is 15.5 Å². The van der Waals surface area contributed by atoms with Crippen LogP contribution in [-0.4, -0.2) is 5.12 Å². The van der Waals surface area contributed by atoms with Gasteiger partial charge in [-0.25, -0.2) is 0 Å². The van der Waals surface area contributed by atoms with Crippen LogP contribution < -0.4 is 0 Å². The molecule has 0 bridgehead atoms. The van der Waals surface area contributed by atoms with E-state index in [0.29, 0.717) is 15.6 Å². The summed E-state index contributed by atoms with van der Waals surface area (Å²) < 4.78 is 0. The monoisotopic (exact) mass is 282 g/mol. The first kappa shape index (κ1) is 12.5. The van der Waals surface area contributed by atoms with Crippen LogP contribution in [0.25, 0.3) is 0 Å². The van der Waals surface area contributed by atoms with E-state index in [4.69, 9.17) is 23.2 Å². The molecule has 0 N–H and O–H groups in total. The fraction of sp³-hybridized carbons (Fsp3) is 0. The highest BCUT2D eigenvalue weighted by molar-refractivity contribution is 8.14. The van der Waals surface area contributed by atoms with E-state index in [-0.39, 0.29) is 5.12 Å². The predicted molar refractivity (Wildman–Crippen MR) is 73.1 cm³/mol. The van der Waals surface area contributed by atoms with Crippen molar-refractivity contribution in [1.82, 2.24) is 0 Å². The van der Waals surface area contributed by atoms with Crippen LogP contribution in [0, 0.1) is 0 Å². The Labute approximate surface area is 114 Å². The van der Waals surface area contributed by atoms with Crippen LogP contribution in [0.3, 0.4) is 0 Å². The Morgan fingerprint density at radius 1 is 0.941 bits per heavy atom. The van der Waals surface area contributed by atoms with Gasteiger partial charge < -0.3 is 0 Å². The van der Waals surface area contributed by atoms with Crippen molar-refractivity contribution in [2.24, 2.45) is 0 Å². The number of halogens is 2. The molecule has 0 aliphatic carbocycles. The second-order valence-corrected chi connectivity index (χ2v) is 5.21. The zero-order valence-electron chi connectivity index (χ0n) is 8.69. The number of rotatable bonds is 2. The first-order chi connectivity index (χ1) is 8.16. The van der Waals surface area contributed by atoms with Crippen LogP contribution in [0.2, 0.25) is 10.0 Å². The summed E-state index contributed by atoms with van der Waals surface area (Å²) in [5.41, 5.74) is 0.522. The Kier molecular flexibility index (Phi) is 4.11. The molecular weight excluding hydrogens is 275 g/mol. The maximum atomic E-state index is 12.0. The third-order valence-electron chi connectivity index (χ3n) is 2.12. The molecule has 0 heterocycles. The van der Waals surface area contributed by atoms with Crippen LogP contribution >= 0.6 is 35.0 Å². The minimum Gasteiger partial charge on any atom is -0.281 e. The third-order valence-corrected chi connectivity index (χ3v) is 3.61. The molecule has 0 spiro atoms. The second kappa shape index (κ2) is 5.58. The van der Waals surface area contributed by atoms with Gasteiger partial charge >= 0.3 is 0 Å². The average Bonchev–Trinajstić information content (AvgIpc) is 2.32. The summed E-state index contributed by atoms with van der Waals surface area (Å²) in [5, 5.41) is 1.05. The van der Waals surface area contributed by atoms with Crippen molar-refractivity contribution < 1.29 is 4.79 Å². The zero-order valence-corrected chi connectivity index (χ0v) is 11.0. The number of hydrogen-bond acceptors (Lipinski definition) is 2. The van der Waals surface area contributed by atoms with E-state index in [1.165, 1.54) is 0 Å². The van der Waals surface area contributed by atoms with Crippen LogP contribution in [-0.2, 0) is 0 Å². The summed E-state index contributed by atoms with van der Waals surface area (Å²) in [6.07, 6.45) is 0.